The number of benzene rings is 4. The van der Waals surface area contributed by atoms with E-state index in [1.165, 1.54) is 26.4 Å². The predicted molar refractivity (Wildman–Crippen MR) is 231 cm³/mol. The van der Waals surface area contributed by atoms with E-state index in [-0.39, 0.29) is 43.0 Å². The molecule has 67 heavy (non-hydrogen) atoms. The molecule has 4 aromatic rings. The molecule has 1 saturated carbocycles. The Bertz CT molecular complexity index is 2310. The molecule has 361 valence electrons. The first-order valence-electron chi connectivity index (χ1n) is 19.7. The molecular weight excluding hydrogens is 1000 g/mol. The third-order valence-electron chi connectivity index (χ3n) is 8.83. The molecule has 4 atom stereocenters. The average Bonchev–Trinajstić information content (AvgIpc) is 3.83. The van der Waals surface area contributed by atoms with E-state index in [2.05, 4.69) is 21.3 Å². The summed E-state index contributed by atoms with van der Waals surface area (Å²) in [4.78, 5) is 68.7. The molecule has 14 nitrogen and oxygen atoms in total. The summed E-state index contributed by atoms with van der Waals surface area (Å²) in [6.45, 7) is 5.01. The number of phenolic OH excluding ortho intramolecular Hbond substituents is 1. The smallest absolute Gasteiger partial charge is 0.0312 e. The minimum absolute atomic E-state index is 0. The third-order valence-corrected chi connectivity index (χ3v) is 8.83. The first-order chi connectivity index (χ1) is 30.7. The fourth-order valence-corrected chi connectivity index (χ4v) is 6.09. The average molecular weight is 1050 g/mol. The minimum atomic E-state index is -10.7. The number of nitrogens with one attached hydrogen (secondary N) is 4. The molecule has 5 N–H and O–H groups in total. The zero-order valence-electron chi connectivity index (χ0n) is 36.3. The molecule has 1 fully saturated rings. The van der Waals surface area contributed by atoms with Crippen LogP contribution in [0.2, 0.25) is 0 Å². The van der Waals surface area contributed by atoms with Gasteiger partial charge in [0, 0.05) is 6.42 Å². The third kappa shape index (κ3) is 19.4. The van der Waals surface area contributed by atoms with Gasteiger partial charge >= 0.3 is 64.5 Å². The Labute approximate surface area is 395 Å². The number of aromatic hydroxyl groups is 1. The monoisotopic (exact) mass is 1050 g/mol. The van der Waals surface area contributed by atoms with E-state index in [9.17, 15) is 54.3 Å². The van der Waals surface area contributed by atoms with Crippen LogP contribution in [-0.2, 0) is 54.6 Å². The van der Waals surface area contributed by atoms with Crippen molar-refractivity contribution in [3.63, 3.8) is 0 Å². The Morgan fingerprint density at radius 3 is 1.82 bits per heavy atom. The number of carbonyl (C=O) groups is 5. The van der Waals surface area contributed by atoms with Crippen molar-refractivity contribution in [3.8, 4) is 23.0 Å². The van der Waals surface area contributed by atoms with E-state index >= 15 is 0 Å². The maximum atomic E-state index is 14.5. The molecule has 7 rings (SSSR count). The quantitative estimate of drug-likeness (QED) is 0.0517. The summed E-state index contributed by atoms with van der Waals surface area (Å²) in [6.07, 6.45) is 9.15. The van der Waals surface area contributed by atoms with Gasteiger partial charge < -0.3 is 45.3 Å². The van der Waals surface area contributed by atoms with Crippen molar-refractivity contribution in [1.82, 2.24) is 21.3 Å². The van der Waals surface area contributed by atoms with Crippen LogP contribution in [0.15, 0.2) is 97.1 Å². The summed E-state index contributed by atoms with van der Waals surface area (Å²) in [5, 5.41) is 21.8. The molecule has 1 aliphatic carbocycles. The Morgan fingerprint density at radius 2 is 1.31 bits per heavy atom. The first-order valence-corrected chi connectivity index (χ1v) is 21.7. The van der Waals surface area contributed by atoms with Gasteiger partial charge in [0.25, 0.3) is 0 Å². The molecule has 5 radical (unpaired) electrons. The van der Waals surface area contributed by atoms with Crippen molar-refractivity contribution in [2.75, 3.05) is 14.2 Å². The number of rotatable bonds is 7. The van der Waals surface area contributed by atoms with Crippen LogP contribution in [0, 0.1) is 32.1 Å². The number of ether oxygens (including phenoxy) is 4. The van der Waals surface area contributed by atoms with Gasteiger partial charge in [0.2, 0.25) is 23.5 Å². The fourth-order valence-electron chi connectivity index (χ4n) is 6.09. The summed E-state index contributed by atoms with van der Waals surface area (Å²) >= 11 is 0. The molecule has 0 saturated heterocycles. The van der Waals surface area contributed by atoms with E-state index in [0.29, 0.717) is 22.4 Å². The van der Waals surface area contributed by atoms with E-state index in [1.807, 2.05) is 32.1 Å². The second-order valence-electron chi connectivity index (χ2n) is 15.3. The van der Waals surface area contributed by atoms with E-state index in [1.54, 1.807) is 106 Å². The predicted octanol–water partition coefficient (Wildman–Crippen LogP) is 9.09. The summed E-state index contributed by atoms with van der Waals surface area (Å²) < 4.78 is 81.2. The number of carbonyl (C=O) groups excluding carboxylic acids is 5. The van der Waals surface area contributed by atoms with Crippen LogP contribution >= 0.6 is 7.81 Å². The molecule has 22 heteroatoms. The largest absolute Gasteiger partial charge is 2.00 e. The van der Waals surface area contributed by atoms with Crippen LogP contribution in [0.3, 0.4) is 0 Å². The van der Waals surface area contributed by atoms with Gasteiger partial charge in [0.05, 0.1) is 14.2 Å². The van der Waals surface area contributed by atoms with Crippen LogP contribution in [-0.4, -0.2) is 60.8 Å². The van der Waals surface area contributed by atoms with Crippen LogP contribution in [0.1, 0.15) is 61.2 Å². The number of esters is 1. The van der Waals surface area contributed by atoms with Gasteiger partial charge in [-0.2, -0.15) is 0 Å². The normalized spacial score (nSPS) is 18.6. The standard InChI is InChI=1S/C40H42N4O10.C5H5.F6P.Ru/c1-40(2,3)54-39(50)44-32(25-14-10-7-11-15-25)36(47)43-33-26-21-29(45)34(51-4)30(22-26)53-27-18-16-23(17-19-27)20-28(38(49)52-5)41-35(46)31(42-37(33)48)24-12-8-6-9-13-24;1-2-4-5-3-1;1-7(2,3,4,5)6;/h6-19,21-22,28,31-33,45H,20H2,1-5H3,(H,41,46)(H,42,48)(H,43,47)(H,44,50);1-5H;;/q;;-1;+2/t28-,31+,32-,33+;;;/m0.../s1. The summed E-state index contributed by atoms with van der Waals surface area (Å²) in [5.74, 6) is -3.36. The van der Waals surface area contributed by atoms with E-state index in [0.717, 1.165) is 0 Å². The SMILES string of the molecule is COC(=O)[C@@H]1Cc2ccc(cc2)Oc2cc(cc(O)c2OC)[C@@H](NC(=O)[C@@H](NC(=O)OC(C)(C)C)c2ccccc2)C(=O)N[C@H](c2ccccc2)C(=O)N1.F[P-](F)(F)(F)(F)F.[CH]1[CH][CH][CH][CH]1.[Ru+2]. The molecule has 0 spiro atoms. The fraction of sp³-hybridized carbons (Fsp3) is 0.244. The van der Waals surface area contributed by atoms with Gasteiger partial charge in [-0.05, 0) is 99.4 Å². The maximum Gasteiger partial charge on any atom is 2.00 e. The molecule has 2 heterocycles. The second kappa shape index (κ2) is 22.7. The second-order valence-corrected chi connectivity index (χ2v) is 17.2. The van der Waals surface area contributed by atoms with Gasteiger partial charge in [0.15, 0.2) is 11.5 Å². The zero-order valence-corrected chi connectivity index (χ0v) is 39.0. The number of fused-ring (bicyclic) bond motifs is 9. The molecule has 0 aromatic heterocycles. The molecular formula is C45H47F6N4O10PRu+. The van der Waals surface area contributed by atoms with Gasteiger partial charge in [-0.1, -0.05) is 72.8 Å². The minimum Gasteiger partial charge on any atom is -0.0312 e. The Morgan fingerprint density at radius 1 is 0.776 bits per heavy atom. The number of alkyl carbamates (subject to hydrolysis) is 1. The Hall–Kier alpha value is -5.94. The maximum absolute atomic E-state index is 14.5. The Kier molecular flexibility index (Phi) is 18.8. The number of hydrogen-bond donors (Lipinski definition) is 5. The van der Waals surface area contributed by atoms with Crippen LogP contribution in [0.25, 0.3) is 0 Å². The van der Waals surface area contributed by atoms with Gasteiger partial charge in [-0.25, -0.2) is 9.59 Å². The number of methoxy groups -OCH3 is 2. The van der Waals surface area contributed by atoms with Gasteiger partial charge in [-0.15, -0.1) is 0 Å². The van der Waals surface area contributed by atoms with Crippen molar-refractivity contribution in [3.05, 3.63) is 151 Å². The molecule has 4 amide bonds. The Balaban J connectivity index is 0.000000801. The van der Waals surface area contributed by atoms with Crippen molar-refractivity contribution in [1.29, 1.82) is 0 Å². The number of amides is 4. The number of hydrogen-bond acceptors (Lipinski definition) is 10. The number of halogens is 6. The topological polar surface area (TPSA) is 191 Å². The molecule has 4 aromatic carbocycles. The van der Waals surface area contributed by atoms with Crippen LogP contribution in [0.4, 0.5) is 30.0 Å². The molecule has 3 aliphatic rings. The van der Waals surface area contributed by atoms with Crippen molar-refractivity contribution >= 4 is 37.6 Å². The van der Waals surface area contributed by atoms with Crippen molar-refractivity contribution in [2.24, 2.45) is 0 Å². The summed E-state index contributed by atoms with van der Waals surface area (Å²) in [6, 6.07) is 20.4. The molecule has 2 aliphatic heterocycles. The number of phenols is 1. The summed E-state index contributed by atoms with van der Waals surface area (Å²) in [7, 11) is -8.13. The van der Waals surface area contributed by atoms with Crippen molar-refractivity contribution in [2.45, 2.75) is 57.0 Å². The van der Waals surface area contributed by atoms with Crippen molar-refractivity contribution < 1.29 is 92.7 Å². The van der Waals surface area contributed by atoms with E-state index < -0.39 is 73.1 Å². The van der Waals surface area contributed by atoms with Crippen LogP contribution < -0.4 is 30.7 Å². The molecule has 0 unspecified atom stereocenters. The van der Waals surface area contributed by atoms with Gasteiger partial charge in [0.1, 0.15) is 35.5 Å². The van der Waals surface area contributed by atoms with Crippen LogP contribution in [0.5, 0.6) is 23.0 Å². The van der Waals surface area contributed by atoms with Gasteiger partial charge in [-0.3, -0.25) is 14.4 Å². The molecule has 4 bridgehead atoms. The van der Waals surface area contributed by atoms with E-state index in [4.69, 9.17) is 18.9 Å². The first kappa shape index (κ1) is 55.4. The summed E-state index contributed by atoms with van der Waals surface area (Å²) in [5.41, 5.74) is 0.529. The zero-order chi connectivity index (χ0) is 48.9.